The average molecular weight is 239 g/mol. The van der Waals surface area contributed by atoms with Crippen LogP contribution >= 0.6 is 11.6 Å². The molecule has 16 heavy (non-hydrogen) atoms. The van der Waals surface area contributed by atoms with Gasteiger partial charge in [-0.05, 0) is 24.1 Å². The summed E-state index contributed by atoms with van der Waals surface area (Å²) >= 11 is 6.08. The van der Waals surface area contributed by atoms with Crippen molar-refractivity contribution in [2.75, 3.05) is 7.05 Å². The molecule has 1 aromatic carbocycles. The van der Waals surface area contributed by atoms with E-state index in [0.717, 1.165) is 16.1 Å². The lowest BCUT2D eigenvalue weighted by molar-refractivity contribution is -0.127. The molecule has 0 spiro atoms. The molecular formula is C12H15ClN2O. The lowest BCUT2D eigenvalue weighted by atomic mass is 10.00. The molecule has 1 amide bonds. The smallest absolute Gasteiger partial charge is 0.224 e. The molecule has 1 aromatic rings. The van der Waals surface area contributed by atoms with Gasteiger partial charge in [-0.15, -0.1) is 0 Å². The highest BCUT2D eigenvalue weighted by molar-refractivity contribution is 6.31. The van der Waals surface area contributed by atoms with Crippen LogP contribution in [0.25, 0.3) is 0 Å². The molecule has 0 bridgehead atoms. The minimum Gasteiger partial charge on any atom is -0.337 e. The van der Waals surface area contributed by atoms with E-state index in [-0.39, 0.29) is 18.0 Å². The van der Waals surface area contributed by atoms with Crippen LogP contribution in [0.5, 0.6) is 0 Å². The van der Waals surface area contributed by atoms with E-state index in [0.29, 0.717) is 6.42 Å². The average Bonchev–Trinajstić information content (AvgIpc) is 2.47. The van der Waals surface area contributed by atoms with Gasteiger partial charge in [0, 0.05) is 24.5 Å². The Hall–Kier alpha value is -1.06. The molecular weight excluding hydrogens is 224 g/mol. The Balaban J connectivity index is 2.37. The quantitative estimate of drug-likeness (QED) is 0.812. The maximum atomic E-state index is 11.5. The Bertz CT molecular complexity index is 433. The molecule has 1 aliphatic rings. The molecule has 2 rings (SSSR count). The molecule has 86 valence electrons. The predicted molar refractivity (Wildman–Crippen MR) is 64.3 cm³/mol. The lowest BCUT2D eigenvalue weighted by Gasteiger charge is -2.23. The maximum Gasteiger partial charge on any atom is 0.224 e. The summed E-state index contributed by atoms with van der Waals surface area (Å²) in [6.07, 6.45) is 0.409. The molecule has 1 heterocycles. The normalized spacial score (nSPS) is 25.2. The van der Waals surface area contributed by atoms with Crippen molar-refractivity contribution in [1.29, 1.82) is 0 Å². The fraction of sp³-hybridized carbons (Fsp3) is 0.417. The number of hydrogen-bond acceptors (Lipinski definition) is 2. The van der Waals surface area contributed by atoms with Crippen LogP contribution in [0, 0.1) is 6.92 Å². The molecule has 0 radical (unpaired) electrons. The van der Waals surface area contributed by atoms with Gasteiger partial charge >= 0.3 is 0 Å². The number of rotatable bonds is 1. The molecule has 2 atom stereocenters. The van der Waals surface area contributed by atoms with Gasteiger partial charge in [0.05, 0.1) is 6.04 Å². The minimum atomic E-state index is -0.142. The van der Waals surface area contributed by atoms with Gasteiger partial charge < -0.3 is 10.6 Å². The highest BCUT2D eigenvalue weighted by atomic mass is 35.5. The second kappa shape index (κ2) is 4.07. The second-order valence-electron chi connectivity index (χ2n) is 4.33. The van der Waals surface area contributed by atoms with Gasteiger partial charge in [0.25, 0.3) is 0 Å². The van der Waals surface area contributed by atoms with Crippen molar-refractivity contribution < 1.29 is 4.79 Å². The van der Waals surface area contributed by atoms with Crippen molar-refractivity contribution >= 4 is 17.5 Å². The van der Waals surface area contributed by atoms with Crippen LogP contribution in [0.2, 0.25) is 5.02 Å². The second-order valence-corrected chi connectivity index (χ2v) is 4.73. The number of nitrogens with two attached hydrogens (primary N) is 1. The standard InChI is InChI=1S/C12H15ClN2O/c1-7-3-4-8(5-9(7)13)12-10(14)6-11(16)15(12)2/h3-5,10,12H,6,14H2,1-2H3. The Kier molecular flexibility index (Phi) is 2.91. The summed E-state index contributed by atoms with van der Waals surface area (Å²) in [7, 11) is 1.79. The van der Waals surface area contributed by atoms with Crippen LogP contribution in [0.1, 0.15) is 23.6 Å². The SMILES string of the molecule is Cc1ccc(C2C(N)CC(=O)N2C)cc1Cl. The largest absolute Gasteiger partial charge is 0.337 e. The number of amides is 1. The van der Waals surface area contributed by atoms with E-state index < -0.39 is 0 Å². The van der Waals surface area contributed by atoms with Crippen LogP contribution in [-0.2, 0) is 4.79 Å². The summed E-state index contributed by atoms with van der Waals surface area (Å²) < 4.78 is 0. The Morgan fingerprint density at radius 2 is 2.19 bits per heavy atom. The first-order chi connectivity index (χ1) is 7.50. The number of likely N-dealkylation sites (N-methyl/N-ethyl adjacent to an activating group) is 1. The molecule has 3 nitrogen and oxygen atoms in total. The summed E-state index contributed by atoms with van der Waals surface area (Å²) in [6.45, 7) is 1.95. The molecule has 1 aliphatic heterocycles. The third-order valence-corrected chi connectivity index (χ3v) is 3.57. The van der Waals surface area contributed by atoms with Crippen molar-refractivity contribution in [3.63, 3.8) is 0 Å². The van der Waals surface area contributed by atoms with Crippen molar-refractivity contribution in [1.82, 2.24) is 4.90 Å². The third kappa shape index (κ3) is 1.81. The molecule has 1 saturated heterocycles. The van der Waals surface area contributed by atoms with Gasteiger partial charge in [0.2, 0.25) is 5.91 Å². The predicted octanol–water partition coefficient (Wildman–Crippen LogP) is 1.88. The van der Waals surface area contributed by atoms with Crippen LogP contribution in [0.4, 0.5) is 0 Å². The van der Waals surface area contributed by atoms with Gasteiger partial charge in [-0.3, -0.25) is 4.79 Å². The van der Waals surface area contributed by atoms with Crippen LogP contribution in [-0.4, -0.2) is 23.9 Å². The highest BCUT2D eigenvalue weighted by Gasteiger charge is 2.36. The first-order valence-corrected chi connectivity index (χ1v) is 5.66. The van der Waals surface area contributed by atoms with E-state index in [1.54, 1.807) is 11.9 Å². The van der Waals surface area contributed by atoms with E-state index in [4.69, 9.17) is 17.3 Å². The third-order valence-electron chi connectivity index (χ3n) is 3.16. The number of halogens is 1. The fourth-order valence-corrected chi connectivity index (χ4v) is 2.35. The van der Waals surface area contributed by atoms with Gasteiger partial charge in [-0.2, -0.15) is 0 Å². The van der Waals surface area contributed by atoms with Gasteiger partial charge in [-0.1, -0.05) is 23.7 Å². The molecule has 0 aromatic heterocycles. The fourth-order valence-electron chi connectivity index (χ4n) is 2.16. The summed E-state index contributed by atoms with van der Waals surface area (Å²) in [5.74, 6) is 0.0918. The van der Waals surface area contributed by atoms with Gasteiger partial charge in [0.1, 0.15) is 0 Å². The van der Waals surface area contributed by atoms with Gasteiger partial charge in [-0.25, -0.2) is 0 Å². The molecule has 1 fully saturated rings. The zero-order valence-corrected chi connectivity index (χ0v) is 10.2. The van der Waals surface area contributed by atoms with E-state index in [1.165, 1.54) is 0 Å². The van der Waals surface area contributed by atoms with Crippen molar-refractivity contribution in [3.05, 3.63) is 34.3 Å². The Morgan fingerprint density at radius 1 is 1.50 bits per heavy atom. The van der Waals surface area contributed by atoms with Crippen molar-refractivity contribution in [3.8, 4) is 0 Å². The zero-order valence-electron chi connectivity index (χ0n) is 9.40. The van der Waals surface area contributed by atoms with E-state index in [2.05, 4.69) is 0 Å². The van der Waals surface area contributed by atoms with Crippen molar-refractivity contribution in [2.24, 2.45) is 5.73 Å². The zero-order chi connectivity index (χ0) is 11.9. The lowest BCUT2D eigenvalue weighted by Crippen LogP contribution is -2.30. The first kappa shape index (κ1) is 11.4. The Labute approximate surface area is 100 Å². The Morgan fingerprint density at radius 3 is 2.69 bits per heavy atom. The number of nitrogens with zero attached hydrogens (tertiary/aromatic N) is 1. The number of hydrogen-bond donors (Lipinski definition) is 1. The molecule has 2 unspecified atom stereocenters. The van der Waals surface area contributed by atoms with E-state index in [1.807, 2.05) is 25.1 Å². The maximum absolute atomic E-state index is 11.5. The molecule has 0 aliphatic carbocycles. The highest BCUT2D eigenvalue weighted by Crippen LogP contribution is 2.32. The van der Waals surface area contributed by atoms with Crippen LogP contribution in [0.15, 0.2) is 18.2 Å². The molecule has 4 heteroatoms. The first-order valence-electron chi connectivity index (χ1n) is 5.28. The number of aryl methyl sites for hydroxylation is 1. The number of carbonyl (C=O) groups excluding carboxylic acids is 1. The summed E-state index contributed by atoms with van der Waals surface area (Å²) in [6, 6.07) is 5.65. The minimum absolute atomic E-state index is 0.0504. The number of carbonyl (C=O) groups is 1. The van der Waals surface area contributed by atoms with E-state index >= 15 is 0 Å². The summed E-state index contributed by atoms with van der Waals surface area (Å²) in [5, 5.41) is 0.720. The number of likely N-dealkylation sites (tertiary alicyclic amines) is 1. The molecule has 0 saturated carbocycles. The van der Waals surface area contributed by atoms with Crippen LogP contribution < -0.4 is 5.73 Å². The monoisotopic (exact) mass is 238 g/mol. The van der Waals surface area contributed by atoms with Gasteiger partial charge in [0.15, 0.2) is 0 Å². The van der Waals surface area contributed by atoms with E-state index in [9.17, 15) is 4.79 Å². The summed E-state index contributed by atoms with van der Waals surface area (Å²) in [4.78, 5) is 13.2. The van der Waals surface area contributed by atoms with Crippen molar-refractivity contribution in [2.45, 2.75) is 25.4 Å². The summed E-state index contributed by atoms with van der Waals surface area (Å²) in [5.41, 5.74) is 8.02. The van der Waals surface area contributed by atoms with Crippen LogP contribution in [0.3, 0.4) is 0 Å². The number of benzene rings is 1. The molecule has 2 N–H and O–H groups in total. The topological polar surface area (TPSA) is 46.3 Å².